The van der Waals surface area contributed by atoms with Crippen LogP contribution in [0.5, 0.6) is 0 Å². The minimum Gasteiger partial charge on any atom is -0.367 e. The number of aromatic nitrogens is 1. The fourth-order valence-electron chi connectivity index (χ4n) is 2.70. The van der Waals surface area contributed by atoms with Gasteiger partial charge in [-0.15, -0.1) is 0 Å². The van der Waals surface area contributed by atoms with Gasteiger partial charge in [0, 0.05) is 36.2 Å². The smallest absolute Gasteiger partial charge is 0.0440 e. The maximum atomic E-state index is 4.28. The number of nitrogens with one attached hydrogen (secondary N) is 1. The monoisotopic (exact) mass is 233 g/mol. The highest BCUT2D eigenvalue weighted by atomic mass is 15.2. The molecule has 1 fully saturated rings. The van der Waals surface area contributed by atoms with E-state index in [1.54, 1.807) is 0 Å². The first-order valence-electron chi connectivity index (χ1n) is 6.59. The number of anilines is 1. The Bertz CT molecular complexity index is 364. The zero-order chi connectivity index (χ0) is 12.3. The molecule has 1 aromatic heterocycles. The quantitative estimate of drug-likeness (QED) is 0.868. The second-order valence-corrected chi connectivity index (χ2v) is 4.99. The summed E-state index contributed by atoms with van der Waals surface area (Å²) in [7, 11) is 2.05. The maximum Gasteiger partial charge on any atom is 0.0440 e. The highest BCUT2D eigenvalue weighted by Crippen LogP contribution is 2.26. The highest BCUT2D eigenvalue weighted by Gasteiger charge is 2.26. The number of rotatable bonds is 3. The van der Waals surface area contributed by atoms with Crippen molar-refractivity contribution in [2.75, 3.05) is 18.5 Å². The number of likely N-dealkylation sites (N-methyl/N-ethyl adjacent to an activating group) is 1. The van der Waals surface area contributed by atoms with Crippen molar-refractivity contribution >= 4 is 5.69 Å². The molecular formula is C14H23N3. The number of piperidine rings is 1. The lowest BCUT2D eigenvalue weighted by molar-refractivity contribution is 0.382. The molecule has 0 aromatic carbocycles. The molecule has 0 bridgehead atoms. The van der Waals surface area contributed by atoms with Gasteiger partial charge < -0.3 is 10.2 Å². The van der Waals surface area contributed by atoms with Gasteiger partial charge in [0.1, 0.15) is 0 Å². The van der Waals surface area contributed by atoms with E-state index in [2.05, 4.69) is 48.2 Å². The van der Waals surface area contributed by atoms with Crippen molar-refractivity contribution in [3.05, 3.63) is 24.0 Å². The first-order valence-corrected chi connectivity index (χ1v) is 6.59. The molecule has 0 aliphatic carbocycles. The molecule has 17 heavy (non-hydrogen) atoms. The summed E-state index contributed by atoms with van der Waals surface area (Å²) in [5.41, 5.74) is 2.42. The van der Waals surface area contributed by atoms with Crippen molar-refractivity contribution in [3.63, 3.8) is 0 Å². The summed E-state index contributed by atoms with van der Waals surface area (Å²) >= 11 is 0. The SMILES string of the molecule is CNC(C)C1CCCCN1c1ccnc(C)c1. The lowest BCUT2D eigenvalue weighted by atomic mass is 9.96. The van der Waals surface area contributed by atoms with Gasteiger partial charge in [-0.2, -0.15) is 0 Å². The van der Waals surface area contributed by atoms with Crippen LogP contribution in [0.2, 0.25) is 0 Å². The number of nitrogens with zero attached hydrogens (tertiary/aromatic N) is 2. The standard InChI is InChI=1S/C14H23N3/c1-11-10-13(7-8-16-11)17-9-5-4-6-14(17)12(2)15-3/h7-8,10,12,14-15H,4-6,9H2,1-3H3. The van der Waals surface area contributed by atoms with Gasteiger partial charge in [-0.3, -0.25) is 4.98 Å². The summed E-state index contributed by atoms with van der Waals surface area (Å²) in [5.74, 6) is 0. The van der Waals surface area contributed by atoms with Crippen LogP contribution in [0.1, 0.15) is 31.9 Å². The molecule has 2 heterocycles. The van der Waals surface area contributed by atoms with E-state index < -0.39 is 0 Å². The molecule has 2 atom stereocenters. The van der Waals surface area contributed by atoms with Gasteiger partial charge in [0.15, 0.2) is 0 Å². The molecule has 2 unspecified atom stereocenters. The van der Waals surface area contributed by atoms with Crippen LogP contribution >= 0.6 is 0 Å². The van der Waals surface area contributed by atoms with Crippen molar-refractivity contribution in [1.82, 2.24) is 10.3 Å². The summed E-state index contributed by atoms with van der Waals surface area (Å²) < 4.78 is 0. The average molecular weight is 233 g/mol. The van der Waals surface area contributed by atoms with Gasteiger partial charge in [0.2, 0.25) is 0 Å². The highest BCUT2D eigenvalue weighted by molar-refractivity contribution is 5.48. The number of aryl methyl sites for hydroxylation is 1. The minimum atomic E-state index is 0.531. The molecule has 1 N–H and O–H groups in total. The molecule has 1 saturated heterocycles. The number of pyridine rings is 1. The van der Waals surface area contributed by atoms with E-state index in [9.17, 15) is 0 Å². The normalized spacial score (nSPS) is 22.5. The molecule has 3 heteroatoms. The molecule has 3 nitrogen and oxygen atoms in total. The van der Waals surface area contributed by atoms with E-state index in [1.807, 2.05) is 6.20 Å². The Hall–Kier alpha value is -1.09. The van der Waals surface area contributed by atoms with Crippen LogP contribution in [-0.2, 0) is 0 Å². The third-order valence-electron chi connectivity index (χ3n) is 3.79. The van der Waals surface area contributed by atoms with Crippen LogP contribution in [-0.4, -0.2) is 30.7 Å². The molecule has 1 aromatic rings. The van der Waals surface area contributed by atoms with Crippen LogP contribution in [0.4, 0.5) is 5.69 Å². The summed E-state index contributed by atoms with van der Waals surface area (Å²) in [6.45, 7) is 5.50. The first kappa shape index (κ1) is 12.4. The van der Waals surface area contributed by atoms with E-state index in [0.717, 1.165) is 5.69 Å². The maximum absolute atomic E-state index is 4.28. The molecule has 0 amide bonds. The first-order chi connectivity index (χ1) is 8.22. The minimum absolute atomic E-state index is 0.531. The Labute approximate surface area is 104 Å². The fourth-order valence-corrected chi connectivity index (χ4v) is 2.70. The topological polar surface area (TPSA) is 28.2 Å². The van der Waals surface area contributed by atoms with Crippen LogP contribution in [0.25, 0.3) is 0 Å². The molecule has 1 aliphatic heterocycles. The van der Waals surface area contributed by atoms with Gasteiger partial charge in [-0.05, 0) is 52.3 Å². The number of hydrogen-bond acceptors (Lipinski definition) is 3. The van der Waals surface area contributed by atoms with Crippen LogP contribution in [0.3, 0.4) is 0 Å². The fraction of sp³-hybridized carbons (Fsp3) is 0.643. The Balaban J connectivity index is 2.21. The molecule has 0 saturated carbocycles. The van der Waals surface area contributed by atoms with Gasteiger partial charge in [-0.25, -0.2) is 0 Å². The number of hydrogen-bond donors (Lipinski definition) is 1. The molecular weight excluding hydrogens is 210 g/mol. The van der Waals surface area contributed by atoms with Gasteiger partial charge in [0.05, 0.1) is 0 Å². The second-order valence-electron chi connectivity index (χ2n) is 4.99. The van der Waals surface area contributed by atoms with E-state index in [4.69, 9.17) is 0 Å². The summed E-state index contributed by atoms with van der Waals surface area (Å²) in [4.78, 5) is 6.82. The molecule has 2 rings (SSSR count). The van der Waals surface area contributed by atoms with E-state index >= 15 is 0 Å². The van der Waals surface area contributed by atoms with Gasteiger partial charge in [-0.1, -0.05) is 0 Å². The van der Waals surface area contributed by atoms with Crippen molar-refractivity contribution < 1.29 is 0 Å². The van der Waals surface area contributed by atoms with Gasteiger partial charge in [0.25, 0.3) is 0 Å². The second kappa shape index (κ2) is 5.50. The molecule has 0 spiro atoms. The lowest BCUT2D eigenvalue weighted by Gasteiger charge is -2.41. The average Bonchev–Trinajstić information content (AvgIpc) is 2.38. The Morgan fingerprint density at radius 3 is 3.00 bits per heavy atom. The summed E-state index contributed by atoms with van der Waals surface area (Å²) in [5, 5.41) is 3.39. The van der Waals surface area contributed by atoms with E-state index in [0.29, 0.717) is 12.1 Å². The van der Waals surface area contributed by atoms with Crippen LogP contribution in [0, 0.1) is 6.92 Å². The molecule has 0 radical (unpaired) electrons. The zero-order valence-electron chi connectivity index (χ0n) is 11.1. The van der Waals surface area contributed by atoms with E-state index in [1.165, 1.54) is 31.5 Å². The van der Waals surface area contributed by atoms with Crippen molar-refractivity contribution in [1.29, 1.82) is 0 Å². The zero-order valence-corrected chi connectivity index (χ0v) is 11.1. The Morgan fingerprint density at radius 2 is 2.29 bits per heavy atom. The summed E-state index contributed by atoms with van der Waals surface area (Å²) in [6.07, 6.45) is 5.84. The Kier molecular flexibility index (Phi) is 4.00. The third-order valence-corrected chi connectivity index (χ3v) is 3.79. The van der Waals surface area contributed by atoms with Crippen molar-refractivity contribution in [2.24, 2.45) is 0 Å². The van der Waals surface area contributed by atoms with Crippen molar-refractivity contribution in [2.45, 2.75) is 45.2 Å². The predicted molar refractivity (Wildman–Crippen MR) is 72.5 cm³/mol. The van der Waals surface area contributed by atoms with E-state index in [-0.39, 0.29) is 0 Å². The van der Waals surface area contributed by atoms with Gasteiger partial charge >= 0.3 is 0 Å². The molecule has 1 aliphatic rings. The third kappa shape index (κ3) is 2.78. The lowest BCUT2D eigenvalue weighted by Crippen LogP contribution is -2.50. The van der Waals surface area contributed by atoms with Crippen molar-refractivity contribution in [3.8, 4) is 0 Å². The Morgan fingerprint density at radius 1 is 1.47 bits per heavy atom. The van der Waals surface area contributed by atoms with Crippen LogP contribution < -0.4 is 10.2 Å². The molecule has 94 valence electrons. The van der Waals surface area contributed by atoms with Crippen LogP contribution in [0.15, 0.2) is 18.3 Å². The predicted octanol–water partition coefficient (Wildman–Crippen LogP) is 2.36. The summed E-state index contributed by atoms with van der Waals surface area (Å²) in [6, 6.07) is 5.47. The largest absolute Gasteiger partial charge is 0.367 e.